The molecule has 1 N–H and O–H groups in total. The SMILES string of the molecule is COc1ccccc1Cn1cc(C(=O)O)c(C)n1. The van der Waals surface area contributed by atoms with E-state index in [4.69, 9.17) is 9.84 Å². The van der Waals surface area contributed by atoms with Gasteiger partial charge in [-0.2, -0.15) is 5.10 Å². The predicted octanol–water partition coefficient (Wildman–Crippen LogP) is 1.95. The lowest BCUT2D eigenvalue weighted by atomic mass is 10.2. The van der Waals surface area contributed by atoms with Crippen molar-refractivity contribution >= 4 is 5.97 Å². The molecule has 5 nitrogen and oxygen atoms in total. The van der Waals surface area contributed by atoms with Crippen LogP contribution < -0.4 is 4.74 Å². The molecule has 1 aromatic heterocycles. The summed E-state index contributed by atoms with van der Waals surface area (Å²) in [5.74, 6) is -0.193. The molecule has 0 spiro atoms. The molecule has 0 aliphatic rings. The molecule has 0 saturated heterocycles. The van der Waals surface area contributed by atoms with E-state index in [0.717, 1.165) is 11.3 Å². The van der Waals surface area contributed by atoms with Crippen LogP contribution in [-0.2, 0) is 6.54 Å². The molecule has 0 atom stereocenters. The summed E-state index contributed by atoms with van der Waals surface area (Å²) in [4.78, 5) is 10.9. The summed E-state index contributed by atoms with van der Waals surface area (Å²) in [7, 11) is 1.61. The molecule has 5 heteroatoms. The van der Waals surface area contributed by atoms with E-state index in [-0.39, 0.29) is 5.56 Å². The molecule has 0 unspecified atom stereocenters. The molecule has 0 saturated carbocycles. The quantitative estimate of drug-likeness (QED) is 0.895. The topological polar surface area (TPSA) is 64.3 Å². The van der Waals surface area contributed by atoms with Gasteiger partial charge in [0, 0.05) is 11.8 Å². The highest BCUT2D eigenvalue weighted by atomic mass is 16.5. The maximum Gasteiger partial charge on any atom is 0.339 e. The van der Waals surface area contributed by atoms with Crippen LogP contribution in [0.1, 0.15) is 21.6 Å². The van der Waals surface area contributed by atoms with Gasteiger partial charge < -0.3 is 9.84 Å². The van der Waals surface area contributed by atoms with Gasteiger partial charge in [0.2, 0.25) is 0 Å². The zero-order valence-corrected chi connectivity index (χ0v) is 10.3. The zero-order chi connectivity index (χ0) is 13.1. The Hall–Kier alpha value is -2.30. The Kier molecular flexibility index (Phi) is 3.32. The van der Waals surface area contributed by atoms with Crippen LogP contribution in [0.25, 0.3) is 0 Å². The minimum atomic E-state index is -0.959. The molecule has 0 aliphatic carbocycles. The van der Waals surface area contributed by atoms with Gasteiger partial charge in [0.05, 0.1) is 19.3 Å². The van der Waals surface area contributed by atoms with Crippen molar-refractivity contribution in [1.29, 1.82) is 0 Å². The number of carboxylic acid groups (broad SMARTS) is 1. The number of hydrogen-bond donors (Lipinski definition) is 1. The number of carboxylic acids is 1. The van der Waals surface area contributed by atoms with Gasteiger partial charge in [-0.3, -0.25) is 4.68 Å². The normalized spacial score (nSPS) is 10.3. The Balaban J connectivity index is 2.29. The first-order valence-corrected chi connectivity index (χ1v) is 5.51. The number of aromatic carboxylic acids is 1. The van der Waals surface area contributed by atoms with Crippen LogP contribution in [0.4, 0.5) is 0 Å². The number of carbonyl (C=O) groups is 1. The molecule has 0 aliphatic heterocycles. The van der Waals surface area contributed by atoms with Crippen LogP contribution in [0, 0.1) is 6.92 Å². The fraction of sp³-hybridized carbons (Fsp3) is 0.231. The van der Waals surface area contributed by atoms with E-state index in [1.54, 1.807) is 18.7 Å². The highest BCUT2D eigenvalue weighted by molar-refractivity contribution is 5.88. The minimum absolute atomic E-state index is 0.227. The van der Waals surface area contributed by atoms with Crippen molar-refractivity contribution in [2.75, 3.05) is 7.11 Å². The average molecular weight is 246 g/mol. The van der Waals surface area contributed by atoms with Crippen molar-refractivity contribution in [2.24, 2.45) is 0 Å². The van der Waals surface area contributed by atoms with Crippen molar-refractivity contribution in [3.63, 3.8) is 0 Å². The lowest BCUT2D eigenvalue weighted by Crippen LogP contribution is -2.02. The van der Waals surface area contributed by atoms with E-state index in [1.807, 2.05) is 24.3 Å². The summed E-state index contributed by atoms with van der Waals surface area (Å²) in [5, 5.41) is 13.2. The number of aryl methyl sites for hydroxylation is 1. The molecule has 0 radical (unpaired) electrons. The first kappa shape index (κ1) is 12.2. The Bertz CT molecular complexity index is 575. The second-order valence-corrected chi connectivity index (χ2v) is 3.94. The summed E-state index contributed by atoms with van der Waals surface area (Å²) >= 11 is 0. The molecule has 1 aromatic carbocycles. The van der Waals surface area contributed by atoms with E-state index >= 15 is 0 Å². The maximum absolute atomic E-state index is 10.9. The molecule has 94 valence electrons. The van der Waals surface area contributed by atoms with Gasteiger partial charge in [0.1, 0.15) is 11.3 Å². The van der Waals surface area contributed by atoms with Gasteiger partial charge in [0.25, 0.3) is 0 Å². The second-order valence-electron chi connectivity index (χ2n) is 3.94. The number of rotatable bonds is 4. The van der Waals surface area contributed by atoms with Gasteiger partial charge in [-0.1, -0.05) is 18.2 Å². The fourth-order valence-electron chi connectivity index (χ4n) is 1.82. The monoisotopic (exact) mass is 246 g/mol. The van der Waals surface area contributed by atoms with Crippen LogP contribution in [-0.4, -0.2) is 28.0 Å². The van der Waals surface area contributed by atoms with E-state index in [0.29, 0.717) is 12.2 Å². The second kappa shape index (κ2) is 4.91. The number of hydrogen-bond acceptors (Lipinski definition) is 3. The molecule has 2 rings (SSSR count). The number of benzene rings is 1. The zero-order valence-electron chi connectivity index (χ0n) is 10.3. The average Bonchev–Trinajstić information content (AvgIpc) is 2.71. The first-order valence-electron chi connectivity index (χ1n) is 5.51. The Morgan fingerprint density at radius 1 is 1.44 bits per heavy atom. The summed E-state index contributed by atoms with van der Waals surface area (Å²) < 4.78 is 6.85. The number of nitrogens with zero attached hydrogens (tertiary/aromatic N) is 2. The van der Waals surface area contributed by atoms with Gasteiger partial charge in [-0.05, 0) is 13.0 Å². The summed E-state index contributed by atoms with van der Waals surface area (Å²) in [6, 6.07) is 7.59. The molecular weight excluding hydrogens is 232 g/mol. The van der Waals surface area contributed by atoms with Crippen LogP contribution in [0.15, 0.2) is 30.5 Å². The predicted molar refractivity (Wildman–Crippen MR) is 66.0 cm³/mol. The van der Waals surface area contributed by atoms with Crippen molar-refractivity contribution in [3.05, 3.63) is 47.3 Å². The largest absolute Gasteiger partial charge is 0.496 e. The van der Waals surface area contributed by atoms with E-state index in [2.05, 4.69) is 5.10 Å². The van der Waals surface area contributed by atoms with Gasteiger partial charge in [-0.15, -0.1) is 0 Å². The highest BCUT2D eigenvalue weighted by Gasteiger charge is 2.12. The smallest absolute Gasteiger partial charge is 0.339 e. The van der Waals surface area contributed by atoms with Crippen molar-refractivity contribution in [1.82, 2.24) is 9.78 Å². The van der Waals surface area contributed by atoms with Gasteiger partial charge >= 0.3 is 5.97 Å². The summed E-state index contributed by atoms with van der Waals surface area (Å²) in [6.45, 7) is 2.17. The Morgan fingerprint density at radius 2 is 2.17 bits per heavy atom. The van der Waals surface area contributed by atoms with Crippen molar-refractivity contribution in [2.45, 2.75) is 13.5 Å². The third-order valence-electron chi connectivity index (χ3n) is 2.70. The maximum atomic E-state index is 10.9. The Morgan fingerprint density at radius 3 is 2.78 bits per heavy atom. The molecular formula is C13H14N2O3. The van der Waals surface area contributed by atoms with E-state index < -0.39 is 5.97 Å². The third-order valence-corrected chi connectivity index (χ3v) is 2.70. The number of para-hydroxylation sites is 1. The fourth-order valence-corrected chi connectivity index (χ4v) is 1.82. The van der Waals surface area contributed by atoms with Crippen molar-refractivity contribution < 1.29 is 14.6 Å². The molecule has 18 heavy (non-hydrogen) atoms. The molecule has 0 bridgehead atoms. The number of ether oxygens (including phenoxy) is 1. The van der Waals surface area contributed by atoms with E-state index in [1.165, 1.54) is 6.20 Å². The number of aromatic nitrogens is 2. The van der Waals surface area contributed by atoms with Crippen LogP contribution in [0.5, 0.6) is 5.75 Å². The summed E-state index contributed by atoms with van der Waals surface area (Å²) in [5.41, 5.74) is 1.70. The summed E-state index contributed by atoms with van der Waals surface area (Å²) in [6.07, 6.45) is 1.53. The number of methoxy groups -OCH3 is 1. The van der Waals surface area contributed by atoms with Crippen LogP contribution in [0.3, 0.4) is 0 Å². The lowest BCUT2D eigenvalue weighted by Gasteiger charge is -2.07. The molecule has 1 heterocycles. The first-order chi connectivity index (χ1) is 8.61. The molecule has 0 amide bonds. The lowest BCUT2D eigenvalue weighted by molar-refractivity contribution is 0.0696. The van der Waals surface area contributed by atoms with Gasteiger partial charge in [-0.25, -0.2) is 4.79 Å². The standard InChI is InChI=1S/C13H14N2O3/c1-9-11(13(16)17)8-15(14-9)7-10-5-3-4-6-12(10)18-2/h3-6,8H,7H2,1-2H3,(H,16,17). The third kappa shape index (κ3) is 2.34. The molecule has 2 aromatic rings. The van der Waals surface area contributed by atoms with Crippen LogP contribution in [0.2, 0.25) is 0 Å². The molecule has 0 fully saturated rings. The van der Waals surface area contributed by atoms with Crippen molar-refractivity contribution in [3.8, 4) is 5.75 Å². The Labute approximate surface area is 105 Å². The highest BCUT2D eigenvalue weighted by Crippen LogP contribution is 2.18. The van der Waals surface area contributed by atoms with E-state index in [9.17, 15) is 4.79 Å². The van der Waals surface area contributed by atoms with Crippen LogP contribution >= 0.6 is 0 Å². The van der Waals surface area contributed by atoms with Gasteiger partial charge in [0.15, 0.2) is 0 Å². The minimum Gasteiger partial charge on any atom is -0.496 e.